The molecule has 6 heteroatoms. The number of carboxylic acids is 1. The van der Waals surface area contributed by atoms with Crippen LogP contribution < -0.4 is 5.32 Å². The molecule has 1 saturated carbocycles. The van der Waals surface area contributed by atoms with Gasteiger partial charge in [0.25, 0.3) is 5.91 Å². The molecular weight excluding hydrogens is 188 g/mol. The normalized spacial score (nSPS) is 15.1. The maximum absolute atomic E-state index is 11.3. The van der Waals surface area contributed by atoms with Gasteiger partial charge in [0.1, 0.15) is 0 Å². The molecule has 1 aromatic heterocycles. The smallest absolute Gasteiger partial charge is 0.374 e. The molecule has 74 valence electrons. The van der Waals surface area contributed by atoms with Crippen molar-refractivity contribution in [1.82, 2.24) is 10.5 Å². The molecule has 0 spiro atoms. The molecule has 0 unspecified atom stereocenters. The van der Waals surface area contributed by atoms with Crippen molar-refractivity contribution in [2.24, 2.45) is 0 Å². The molecule has 0 aromatic carbocycles. The summed E-state index contributed by atoms with van der Waals surface area (Å²) in [4.78, 5) is 21.7. The topological polar surface area (TPSA) is 92.4 Å². The molecule has 0 atom stereocenters. The lowest BCUT2D eigenvalue weighted by Crippen LogP contribution is -2.25. The lowest BCUT2D eigenvalue weighted by molar-refractivity contribution is 0.0651. The van der Waals surface area contributed by atoms with Gasteiger partial charge in [-0.05, 0) is 12.8 Å². The van der Waals surface area contributed by atoms with Crippen LogP contribution in [0, 0.1) is 0 Å². The number of hydrogen-bond acceptors (Lipinski definition) is 4. The third-order valence-electron chi connectivity index (χ3n) is 1.87. The number of nitrogens with zero attached hydrogens (tertiary/aromatic N) is 1. The molecule has 1 heterocycles. The van der Waals surface area contributed by atoms with Gasteiger partial charge >= 0.3 is 5.97 Å². The van der Waals surface area contributed by atoms with Crippen molar-refractivity contribution in [2.75, 3.05) is 0 Å². The number of aromatic nitrogens is 1. The van der Waals surface area contributed by atoms with E-state index in [-0.39, 0.29) is 23.4 Å². The van der Waals surface area contributed by atoms with Crippen LogP contribution in [0.5, 0.6) is 0 Å². The number of carboxylic acid groups (broad SMARTS) is 1. The summed E-state index contributed by atoms with van der Waals surface area (Å²) in [6, 6.07) is 1.33. The predicted octanol–water partition coefficient (Wildman–Crippen LogP) is 0.265. The fraction of sp³-hybridized carbons (Fsp3) is 0.375. The number of carbonyl (C=O) groups is 2. The van der Waals surface area contributed by atoms with Gasteiger partial charge in [-0.15, -0.1) is 0 Å². The second-order valence-corrected chi connectivity index (χ2v) is 3.13. The van der Waals surface area contributed by atoms with Crippen molar-refractivity contribution in [3.63, 3.8) is 0 Å². The Balaban J connectivity index is 2.07. The summed E-state index contributed by atoms with van der Waals surface area (Å²) in [5.74, 6) is -1.95. The van der Waals surface area contributed by atoms with Gasteiger partial charge in [0.2, 0.25) is 5.76 Å². The fourth-order valence-corrected chi connectivity index (χ4v) is 0.970. The van der Waals surface area contributed by atoms with Crippen molar-refractivity contribution < 1.29 is 19.2 Å². The summed E-state index contributed by atoms with van der Waals surface area (Å²) in [6.07, 6.45) is 1.94. The average molecular weight is 196 g/mol. The minimum absolute atomic E-state index is 0.00861. The van der Waals surface area contributed by atoms with Gasteiger partial charge in [0.05, 0.1) is 0 Å². The maximum atomic E-state index is 11.3. The summed E-state index contributed by atoms with van der Waals surface area (Å²) in [5.41, 5.74) is 0.00861. The first-order chi connectivity index (χ1) is 6.66. The van der Waals surface area contributed by atoms with E-state index in [4.69, 9.17) is 5.11 Å². The van der Waals surface area contributed by atoms with Crippen LogP contribution in [0.1, 0.15) is 33.9 Å². The van der Waals surface area contributed by atoms with Gasteiger partial charge in [-0.2, -0.15) is 0 Å². The minimum Gasteiger partial charge on any atom is -0.475 e. The summed E-state index contributed by atoms with van der Waals surface area (Å²) in [5, 5.41) is 14.5. The van der Waals surface area contributed by atoms with E-state index in [0.29, 0.717) is 0 Å². The largest absolute Gasteiger partial charge is 0.475 e. The number of amides is 1. The number of carbonyl (C=O) groups excluding carboxylic acids is 1. The highest BCUT2D eigenvalue weighted by atomic mass is 16.5. The van der Waals surface area contributed by atoms with Crippen LogP contribution >= 0.6 is 0 Å². The van der Waals surface area contributed by atoms with E-state index >= 15 is 0 Å². The molecule has 1 aliphatic carbocycles. The molecule has 1 fully saturated rings. The summed E-state index contributed by atoms with van der Waals surface area (Å²) in [7, 11) is 0. The van der Waals surface area contributed by atoms with Crippen molar-refractivity contribution in [3.8, 4) is 0 Å². The molecule has 1 amide bonds. The van der Waals surface area contributed by atoms with Gasteiger partial charge in [-0.3, -0.25) is 4.79 Å². The first-order valence-corrected chi connectivity index (χ1v) is 4.17. The predicted molar refractivity (Wildman–Crippen MR) is 44.0 cm³/mol. The molecule has 1 aliphatic rings. The van der Waals surface area contributed by atoms with Crippen molar-refractivity contribution in [1.29, 1.82) is 0 Å². The second-order valence-electron chi connectivity index (χ2n) is 3.13. The molecule has 0 aliphatic heterocycles. The average Bonchev–Trinajstić information content (AvgIpc) is 2.81. The lowest BCUT2D eigenvalue weighted by Gasteiger charge is -1.96. The molecule has 2 rings (SSSR count). The zero-order chi connectivity index (χ0) is 10.1. The zero-order valence-electron chi connectivity index (χ0n) is 7.19. The van der Waals surface area contributed by atoms with E-state index in [1.165, 1.54) is 0 Å². The Kier molecular flexibility index (Phi) is 1.95. The molecule has 6 nitrogen and oxygen atoms in total. The molecule has 0 saturated heterocycles. The minimum atomic E-state index is -1.23. The third kappa shape index (κ3) is 1.73. The Labute approximate surface area is 78.9 Å². The van der Waals surface area contributed by atoms with Gasteiger partial charge in [-0.1, -0.05) is 5.16 Å². The van der Waals surface area contributed by atoms with Crippen LogP contribution in [0.2, 0.25) is 0 Å². The van der Waals surface area contributed by atoms with Crippen molar-refractivity contribution in [3.05, 3.63) is 17.5 Å². The van der Waals surface area contributed by atoms with Crippen molar-refractivity contribution >= 4 is 11.9 Å². The van der Waals surface area contributed by atoms with Crippen LogP contribution in [0.25, 0.3) is 0 Å². The highest BCUT2D eigenvalue weighted by Crippen LogP contribution is 2.19. The van der Waals surface area contributed by atoms with Crippen molar-refractivity contribution in [2.45, 2.75) is 18.9 Å². The zero-order valence-corrected chi connectivity index (χ0v) is 7.19. The maximum Gasteiger partial charge on any atom is 0.374 e. The first kappa shape index (κ1) is 8.74. The SMILES string of the molecule is O=C(NC1CC1)c1cc(C(=O)O)on1. The Morgan fingerprint density at radius 3 is 2.79 bits per heavy atom. The Morgan fingerprint density at radius 1 is 1.57 bits per heavy atom. The highest BCUT2D eigenvalue weighted by Gasteiger charge is 2.25. The molecule has 14 heavy (non-hydrogen) atoms. The van der Waals surface area contributed by atoms with Gasteiger partial charge in [0, 0.05) is 12.1 Å². The number of nitrogens with one attached hydrogen (secondary N) is 1. The summed E-state index contributed by atoms with van der Waals surface area (Å²) >= 11 is 0. The highest BCUT2D eigenvalue weighted by molar-refractivity contribution is 5.95. The Hall–Kier alpha value is -1.85. The van der Waals surface area contributed by atoms with E-state index in [9.17, 15) is 9.59 Å². The monoisotopic (exact) mass is 196 g/mol. The van der Waals surface area contributed by atoms with Crippen LogP contribution in [0.15, 0.2) is 10.6 Å². The van der Waals surface area contributed by atoms with Crippen LogP contribution in [0.3, 0.4) is 0 Å². The summed E-state index contributed by atoms with van der Waals surface area (Å²) < 4.78 is 4.44. The van der Waals surface area contributed by atoms with Crippen LogP contribution in [0.4, 0.5) is 0 Å². The number of aromatic carboxylic acids is 1. The quantitative estimate of drug-likeness (QED) is 0.723. The van der Waals surface area contributed by atoms with Crippen LogP contribution in [-0.2, 0) is 0 Å². The third-order valence-corrected chi connectivity index (χ3v) is 1.87. The molecule has 0 radical (unpaired) electrons. The van der Waals surface area contributed by atoms with Gasteiger partial charge in [0.15, 0.2) is 5.69 Å². The van der Waals surface area contributed by atoms with E-state index in [1.54, 1.807) is 0 Å². The van der Waals surface area contributed by atoms with Gasteiger partial charge in [-0.25, -0.2) is 4.79 Å². The standard InChI is InChI=1S/C8H8N2O4/c11-7(9-4-1-2-4)5-3-6(8(12)13)14-10-5/h3-4H,1-2H2,(H,9,11)(H,12,13). The summed E-state index contributed by atoms with van der Waals surface area (Å²) in [6.45, 7) is 0. The number of rotatable bonds is 3. The molecule has 2 N–H and O–H groups in total. The molecule has 0 bridgehead atoms. The van der Waals surface area contributed by atoms with Gasteiger partial charge < -0.3 is 14.9 Å². The second kappa shape index (κ2) is 3.13. The van der Waals surface area contributed by atoms with E-state index < -0.39 is 5.97 Å². The molecule has 1 aromatic rings. The molecular formula is C8H8N2O4. The van der Waals surface area contributed by atoms with Crippen LogP contribution in [-0.4, -0.2) is 28.2 Å². The first-order valence-electron chi connectivity index (χ1n) is 4.17. The Morgan fingerprint density at radius 2 is 2.29 bits per heavy atom. The van der Waals surface area contributed by atoms with E-state index in [1.807, 2.05) is 0 Å². The lowest BCUT2D eigenvalue weighted by atomic mass is 10.3. The van der Waals surface area contributed by atoms with E-state index in [0.717, 1.165) is 18.9 Å². The number of hydrogen-bond donors (Lipinski definition) is 2. The van der Waals surface area contributed by atoms with E-state index in [2.05, 4.69) is 15.0 Å². The fourth-order valence-electron chi connectivity index (χ4n) is 0.970. The Bertz CT molecular complexity index is 380.